The number of pyridine rings is 1. The largest absolute Gasteiger partial charge is 0.418 e. The summed E-state index contributed by atoms with van der Waals surface area (Å²) >= 11 is 1.25. The van der Waals surface area contributed by atoms with E-state index < -0.39 is 11.7 Å². The third kappa shape index (κ3) is 3.65. The molecular formula is C21H21F3N4OS. The lowest BCUT2D eigenvalue weighted by atomic mass is 9.98. The third-order valence-electron chi connectivity index (χ3n) is 6.05. The third-order valence-corrected chi connectivity index (χ3v) is 6.95. The number of rotatable bonds is 6. The molecule has 30 heavy (non-hydrogen) atoms. The topological polar surface area (TPSA) is 70.9 Å². The van der Waals surface area contributed by atoms with Gasteiger partial charge in [-0.05, 0) is 67.9 Å². The molecule has 2 aromatic heterocycles. The Morgan fingerprint density at radius 3 is 2.60 bits per heavy atom. The molecule has 0 atom stereocenters. The second kappa shape index (κ2) is 6.88. The second-order valence-electron chi connectivity index (χ2n) is 8.49. The highest BCUT2D eigenvalue weighted by atomic mass is 32.1. The van der Waals surface area contributed by atoms with Crippen LogP contribution in [0.4, 0.5) is 18.3 Å². The quantitative estimate of drug-likeness (QED) is 0.562. The van der Waals surface area contributed by atoms with Gasteiger partial charge in [0.1, 0.15) is 5.69 Å². The zero-order chi connectivity index (χ0) is 21.1. The minimum atomic E-state index is -4.47. The van der Waals surface area contributed by atoms with Crippen LogP contribution in [0.3, 0.4) is 0 Å². The van der Waals surface area contributed by atoms with Crippen molar-refractivity contribution in [3.8, 4) is 10.7 Å². The van der Waals surface area contributed by atoms with Gasteiger partial charge < -0.3 is 10.4 Å². The monoisotopic (exact) mass is 434 g/mol. The Bertz CT molecular complexity index is 1120. The molecule has 2 N–H and O–H groups in total. The first-order valence-corrected chi connectivity index (χ1v) is 10.8. The highest BCUT2D eigenvalue weighted by Crippen LogP contribution is 2.46. The van der Waals surface area contributed by atoms with E-state index in [1.807, 2.05) is 13.0 Å². The van der Waals surface area contributed by atoms with Gasteiger partial charge >= 0.3 is 6.18 Å². The summed E-state index contributed by atoms with van der Waals surface area (Å²) in [5, 5.41) is 22.4. The van der Waals surface area contributed by atoms with Crippen molar-refractivity contribution in [2.45, 2.75) is 44.7 Å². The number of hydrogen-bond acceptors (Lipinski definition) is 6. The number of aryl methyl sites for hydroxylation is 1. The van der Waals surface area contributed by atoms with Crippen LogP contribution in [-0.4, -0.2) is 33.4 Å². The molecule has 9 heteroatoms. The lowest BCUT2D eigenvalue weighted by Gasteiger charge is -2.14. The number of nitrogens with zero attached hydrogens (tertiary/aromatic N) is 3. The van der Waals surface area contributed by atoms with Crippen LogP contribution in [-0.2, 0) is 6.18 Å². The van der Waals surface area contributed by atoms with Gasteiger partial charge in [-0.1, -0.05) is 11.3 Å². The highest BCUT2D eigenvalue weighted by molar-refractivity contribution is 7.18. The maximum Gasteiger partial charge on any atom is 0.418 e. The molecule has 5 nitrogen and oxygen atoms in total. The Labute approximate surface area is 175 Å². The van der Waals surface area contributed by atoms with Crippen LogP contribution >= 0.6 is 11.3 Å². The first-order valence-electron chi connectivity index (χ1n) is 9.99. The minimum Gasteiger partial charge on any atom is -0.396 e. The Balaban J connectivity index is 1.52. The van der Waals surface area contributed by atoms with Gasteiger partial charge in [0.15, 0.2) is 5.01 Å². The van der Waals surface area contributed by atoms with Gasteiger partial charge in [0.05, 0.1) is 17.7 Å². The van der Waals surface area contributed by atoms with Crippen molar-refractivity contribution in [2.75, 3.05) is 18.5 Å². The summed E-state index contributed by atoms with van der Waals surface area (Å²) in [6, 6.07) is 4.89. The normalized spacial score (nSPS) is 18.0. The Kier molecular flexibility index (Phi) is 4.52. The van der Waals surface area contributed by atoms with E-state index >= 15 is 0 Å². The van der Waals surface area contributed by atoms with E-state index in [9.17, 15) is 18.3 Å². The molecule has 3 aromatic rings. The van der Waals surface area contributed by atoms with Gasteiger partial charge in [0.25, 0.3) is 0 Å². The molecule has 2 heterocycles. The summed E-state index contributed by atoms with van der Waals surface area (Å²) in [6.07, 6.45) is -0.664. The summed E-state index contributed by atoms with van der Waals surface area (Å²) < 4.78 is 41.4. The summed E-state index contributed by atoms with van der Waals surface area (Å²) in [4.78, 5) is 4.36. The number of alkyl halides is 3. The molecule has 0 aliphatic heterocycles. The summed E-state index contributed by atoms with van der Waals surface area (Å²) in [5.74, 6) is 0.222. The molecule has 2 aliphatic carbocycles. The van der Waals surface area contributed by atoms with Crippen molar-refractivity contribution in [3.05, 3.63) is 34.9 Å². The Morgan fingerprint density at radius 1 is 1.20 bits per heavy atom. The minimum absolute atomic E-state index is 0.0381. The van der Waals surface area contributed by atoms with Crippen LogP contribution in [0.15, 0.2) is 18.2 Å². The summed E-state index contributed by atoms with van der Waals surface area (Å²) in [7, 11) is 0. The number of anilines is 1. The number of aromatic nitrogens is 3. The smallest absolute Gasteiger partial charge is 0.396 e. The van der Waals surface area contributed by atoms with Crippen LogP contribution in [0.5, 0.6) is 0 Å². The first-order chi connectivity index (χ1) is 14.3. The summed E-state index contributed by atoms with van der Waals surface area (Å²) in [5.41, 5.74) is 1.07. The predicted octanol–water partition coefficient (Wildman–Crippen LogP) is 5.14. The fourth-order valence-electron chi connectivity index (χ4n) is 3.72. The number of benzene rings is 1. The molecule has 5 rings (SSSR count). The molecule has 0 bridgehead atoms. The van der Waals surface area contributed by atoms with Crippen molar-refractivity contribution in [1.82, 2.24) is 15.2 Å². The first kappa shape index (κ1) is 19.7. The number of fused-ring (bicyclic) bond motifs is 1. The second-order valence-corrected chi connectivity index (χ2v) is 9.46. The number of aliphatic hydroxyl groups is 1. The number of aliphatic hydroxyl groups excluding tert-OH is 1. The molecule has 2 aliphatic rings. The maximum atomic E-state index is 13.8. The Hall–Kier alpha value is -2.26. The van der Waals surface area contributed by atoms with Gasteiger partial charge in [-0.15, -0.1) is 10.2 Å². The van der Waals surface area contributed by atoms with E-state index in [1.54, 1.807) is 6.07 Å². The number of hydrogen-bond donors (Lipinski definition) is 2. The molecule has 1 aromatic carbocycles. The molecule has 0 unspecified atom stereocenters. The van der Waals surface area contributed by atoms with Crippen LogP contribution in [0, 0.1) is 12.3 Å². The molecule has 0 amide bonds. The standard InChI is InChI=1S/C21H21F3N4OS/c1-11-6-16(18-27-28-19(30-18)25-9-20(10-29)4-5-20)26-17-14(11)7-13(12-2-3-12)8-15(17)21(22,23)24/h6-8,12,29H,2-5,9-10H2,1H3,(H,25,28). The van der Waals surface area contributed by atoms with Gasteiger partial charge in [0.2, 0.25) is 5.13 Å². The predicted molar refractivity (Wildman–Crippen MR) is 110 cm³/mol. The SMILES string of the molecule is Cc1cc(-c2nnc(NCC3(CO)CC3)s2)nc2c(C(F)(F)F)cc(C3CC3)cc12. The molecule has 0 saturated heterocycles. The molecule has 0 spiro atoms. The molecule has 158 valence electrons. The molecule has 0 radical (unpaired) electrons. The van der Waals surface area contributed by atoms with Gasteiger partial charge in [0, 0.05) is 17.3 Å². The fraction of sp³-hybridized carbons (Fsp3) is 0.476. The van der Waals surface area contributed by atoms with Crippen LogP contribution in [0.1, 0.15) is 48.3 Å². The molecule has 2 fully saturated rings. The van der Waals surface area contributed by atoms with Gasteiger partial charge in [-0.25, -0.2) is 4.98 Å². The van der Waals surface area contributed by atoms with E-state index in [-0.39, 0.29) is 23.5 Å². The summed E-state index contributed by atoms with van der Waals surface area (Å²) in [6.45, 7) is 2.53. The molecular weight excluding hydrogens is 413 g/mol. The average molecular weight is 434 g/mol. The van der Waals surface area contributed by atoms with Crippen molar-refractivity contribution in [2.24, 2.45) is 5.41 Å². The van der Waals surface area contributed by atoms with E-state index in [0.29, 0.717) is 27.8 Å². The zero-order valence-electron chi connectivity index (χ0n) is 16.4. The fourth-order valence-corrected chi connectivity index (χ4v) is 4.42. The maximum absolute atomic E-state index is 13.8. The number of halogens is 3. The Morgan fingerprint density at radius 2 is 1.97 bits per heavy atom. The van der Waals surface area contributed by atoms with E-state index in [1.165, 1.54) is 17.4 Å². The van der Waals surface area contributed by atoms with Crippen molar-refractivity contribution < 1.29 is 18.3 Å². The number of nitrogens with one attached hydrogen (secondary N) is 1. The van der Waals surface area contributed by atoms with Crippen molar-refractivity contribution in [1.29, 1.82) is 0 Å². The lowest BCUT2D eigenvalue weighted by molar-refractivity contribution is -0.136. The van der Waals surface area contributed by atoms with E-state index in [2.05, 4.69) is 20.5 Å². The highest BCUT2D eigenvalue weighted by Gasteiger charge is 2.42. The van der Waals surface area contributed by atoms with Crippen molar-refractivity contribution >= 4 is 27.4 Å². The van der Waals surface area contributed by atoms with Gasteiger partial charge in [-0.2, -0.15) is 13.2 Å². The van der Waals surface area contributed by atoms with Crippen LogP contribution in [0.2, 0.25) is 0 Å². The zero-order valence-corrected chi connectivity index (χ0v) is 17.2. The van der Waals surface area contributed by atoms with E-state index in [4.69, 9.17) is 0 Å². The molecule has 2 saturated carbocycles. The van der Waals surface area contributed by atoms with Crippen LogP contribution in [0.25, 0.3) is 21.6 Å². The van der Waals surface area contributed by atoms with Gasteiger partial charge in [-0.3, -0.25) is 0 Å². The van der Waals surface area contributed by atoms with E-state index in [0.717, 1.165) is 36.8 Å². The van der Waals surface area contributed by atoms with Crippen molar-refractivity contribution in [3.63, 3.8) is 0 Å². The average Bonchev–Trinajstić information content (AvgIpc) is 3.64. The lowest BCUT2D eigenvalue weighted by Crippen LogP contribution is -2.18. The van der Waals surface area contributed by atoms with Crippen LogP contribution < -0.4 is 5.32 Å².